The summed E-state index contributed by atoms with van der Waals surface area (Å²) < 4.78 is 11.3. The number of aromatic amines is 1. The van der Waals surface area contributed by atoms with Crippen LogP contribution >= 0.6 is 11.6 Å². The standard InChI is InChI=1S/C35H38ClN3O3/c1-35(2)14-12-30(24-4-6-27(36)7-5-24)26(22-35)23-38-16-18-39(19-17-38)28-8-10-31(34(40)41-3)33(21-28)42-29-9-11-32-25(20-29)13-15-37-32/h4-11,13,15,20-21,37H,12,14,16-19,22-23H2,1-3H3. The highest BCUT2D eigenvalue weighted by Crippen LogP contribution is 2.43. The van der Waals surface area contributed by atoms with E-state index >= 15 is 0 Å². The van der Waals surface area contributed by atoms with Crippen LogP contribution in [-0.4, -0.2) is 55.7 Å². The molecule has 1 aliphatic heterocycles. The SMILES string of the molecule is COC(=O)c1ccc(N2CCN(CC3=C(c4ccc(Cl)cc4)CCC(C)(C)C3)CC2)cc1Oc1ccc2[nH]ccc2c1. The minimum Gasteiger partial charge on any atom is -0.465 e. The van der Waals surface area contributed by atoms with Gasteiger partial charge in [-0.1, -0.05) is 43.2 Å². The quantitative estimate of drug-likeness (QED) is 0.222. The summed E-state index contributed by atoms with van der Waals surface area (Å²) in [6, 6.07) is 22.0. The Morgan fingerprint density at radius 2 is 1.76 bits per heavy atom. The number of aromatic nitrogens is 1. The molecule has 0 spiro atoms. The van der Waals surface area contributed by atoms with Crippen LogP contribution in [0.4, 0.5) is 5.69 Å². The first-order chi connectivity index (χ1) is 20.3. The number of anilines is 1. The highest BCUT2D eigenvalue weighted by molar-refractivity contribution is 6.30. The Labute approximate surface area is 252 Å². The maximum absolute atomic E-state index is 12.6. The van der Waals surface area contributed by atoms with Crippen LogP contribution in [0.5, 0.6) is 11.5 Å². The molecule has 7 heteroatoms. The van der Waals surface area contributed by atoms with Crippen LogP contribution in [0, 0.1) is 5.41 Å². The second-order valence-corrected chi connectivity index (χ2v) is 12.6. The molecule has 0 atom stereocenters. The fourth-order valence-corrected chi connectivity index (χ4v) is 6.42. The van der Waals surface area contributed by atoms with Crippen LogP contribution in [0.15, 0.2) is 78.5 Å². The summed E-state index contributed by atoms with van der Waals surface area (Å²) in [5.74, 6) is 0.762. The summed E-state index contributed by atoms with van der Waals surface area (Å²) >= 11 is 6.19. The van der Waals surface area contributed by atoms with E-state index in [0.717, 1.165) is 67.2 Å². The summed E-state index contributed by atoms with van der Waals surface area (Å²) in [7, 11) is 1.40. The molecule has 1 N–H and O–H groups in total. The Balaban J connectivity index is 1.18. The second-order valence-electron chi connectivity index (χ2n) is 12.2. The zero-order valence-corrected chi connectivity index (χ0v) is 25.3. The molecule has 6 rings (SSSR count). The second kappa shape index (κ2) is 11.9. The van der Waals surface area contributed by atoms with Crippen molar-refractivity contribution in [3.63, 3.8) is 0 Å². The molecule has 2 heterocycles. The van der Waals surface area contributed by atoms with Gasteiger partial charge < -0.3 is 19.4 Å². The normalized spacial score (nSPS) is 17.5. The van der Waals surface area contributed by atoms with E-state index in [2.05, 4.69) is 40.8 Å². The lowest BCUT2D eigenvalue weighted by molar-refractivity contribution is 0.0598. The first-order valence-electron chi connectivity index (χ1n) is 14.7. The number of piperazine rings is 1. The molecule has 0 radical (unpaired) electrons. The Morgan fingerprint density at radius 3 is 2.52 bits per heavy atom. The number of hydrogen-bond donors (Lipinski definition) is 1. The molecule has 6 nitrogen and oxygen atoms in total. The Hall–Kier alpha value is -3.74. The number of nitrogens with zero attached hydrogens (tertiary/aromatic N) is 2. The van der Waals surface area contributed by atoms with Crippen molar-refractivity contribution in [2.24, 2.45) is 5.41 Å². The van der Waals surface area contributed by atoms with E-state index in [1.54, 1.807) is 5.57 Å². The monoisotopic (exact) mass is 583 g/mol. The molecular formula is C35H38ClN3O3. The van der Waals surface area contributed by atoms with Gasteiger partial charge >= 0.3 is 5.97 Å². The summed E-state index contributed by atoms with van der Waals surface area (Å²) in [5, 5.41) is 1.83. The van der Waals surface area contributed by atoms with E-state index in [0.29, 0.717) is 22.5 Å². The van der Waals surface area contributed by atoms with Gasteiger partial charge in [0.2, 0.25) is 0 Å². The number of carbonyl (C=O) groups is 1. The lowest BCUT2D eigenvalue weighted by Crippen LogP contribution is -2.47. The number of methoxy groups -OCH3 is 1. The third kappa shape index (κ3) is 6.20. The van der Waals surface area contributed by atoms with Gasteiger partial charge in [0.15, 0.2) is 0 Å². The summed E-state index contributed by atoms with van der Waals surface area (Å²) in [6.07, 6.45) is 5.33. The Morgan fingerprint density at radius 1 is 0.976 bits per heavy atom. The first kappa shape index (κ1) is 28.4. The summed E-state index contributed by atoms with van der Waals surface area (Å²) in [6.45, 7) is 9.51. The van der Waals surface area contributed by atoms with E-state index in [1.165, 1.54) is 24.7 Å². The molecule has 2 aliphatic rings. The van der Waals surface area contributed by atoms with Gasteiger partial charge in [-0.15, -0.1) is 0 Å². The van der Waals surface area contributed by atoms with Gasteiger partial charge in [0.1, 0.15) is 17.1 Å². The van der Waals surface area contributed by atoms with Crippen molar-refractivity contribution in [2.75, 3.05) is 44.7 Å². The fraction of sp³-hybridized carbons (Fsp3) is 0.343. The Bertz CT molecular complexity index is 1610. The molecule has 1 aliphatic carbocycles. The topological polar surface area (TPSA) is 57.8 Å². The highest BCUT2D eigenvalue weighted by Gasteiger charge is 2.29. The molecule has 0 bridgehead atoms. The first-order valence-corrected chi connectivity index (χ1v) is 15.1. The van der Waals surface area contributed by atoms with Crippen LogP contribution in [0.3, 0.4) is 0 Å². The predicted octanol–water partition coefficient (Wildman–Crippen LogP) is 8.19. The average Bonchev–Trinajstić information content (AvgIpc) is 3.46. The Kier molecular flexibility index (Phi) is 8.02. The number of nitrogens with one attached hydrogen (secondary N) is 1. The minimum absolute atomic E-state index is 0.316. The van der Waals surface area contributed by atoms with E-state index in [-0.39, 0.29) is 0 Å². The number of halogens is 1. The van der Waals surface area contributed by atoms with Crippen LogP contribution in [0.25, 0.3) is 16.5 Å². The third-order valence-corrected chi connectivity index (χ3v) is 8.89. The van der Waals surface area contributed by atoms with Gasteiger partial charge in [0.05, 0.1) is 7.11 Å². The number of rotatable bonds is 7. The third-order valence-electron chi connectivity index (χ3n) is 8.64. The zero-order valence-electron chi connectivity index (χ0n) is 24.6. The summed E-state index contributed by atoms with van der Waals surface area (Å²) in [5.41, 5.74) is 7.16. The molecule has 3 aromatic carbocycles. The number of carbonyl (C=O) groups excluding carboxylic acids is 1. The fourth-order valence-electron chi connectivity index (χ4n) is 6.29. The highest BCUT2D eigenvalue weighted by atomic mass is 35.5. The van der Waals surface area contributed by atoms with Crippen molar-refractivity contribution in [1.82, 2.24) is 9.88 Å². The number of esters is 1. The zero-order chi connectivity index (χ0) is 29.3. The number of benzene rings is 3. The van der Waals surface area contributed by atoms with Crippen LogP contribution in [0.2, 0.25) is 5.02 Å². The van der Waals surface area contributed by atoms with Crippen molar-refractivity contribution in [1.29, 1.82) is 0 Å². The largest absolute Gasteiger partial charge is 0.465 e. The van der Waals surface area contributed by atoms with Gasteiger partial charge in [-0.05, 0) is 84.3 Å². The molecule has 0 unspecified atom stereocenters. The van der Waals surface area contributed by atoms with E-state index in [9.17, 15) is 4.79 Å². The number of ether oxygens (including phenoxy) is 2. The van der Waals surface area contributed by atoms with Crippen LogP contribution in [0.1, 0.15) is 49.0 Å². The minimum atomic E-state index is -0.413. The predicted molar refractivity (Wildman–Crippen MR) is 171 cm³/mol. The molecule has 4 aromatic rings. The van der Waals surface area contributed by atoms with Crippen LogP contribution in [-0.2, 0) is 4.74 Å². The van der Waals surface area contributed by atoms with Crippen molar-refractivity contribution in [3.05, 3.63) is 94.6 Å². The van der Waals surface area contributed by atoms with Crippen molar-refractivity contribution in [3.8, 4) is 11.5 Å². The molecule has 218 valence electrons. The van der Waals surface area contributed by atoms with Crippen molar-refractivity contribution >= 4 is 39.7 Å². The maximum Gasteiger partial charge on any atom is 0.341 e. The van der Waals surface area contributed by atoms with Gasteiger partial charge in [0, 0.05) is 66.6 Å². The van der Waals surface area contributed by atoms with Gasteiger partial charge in [-0.2, -0.15) is 0 Å². The van der Waals surface area contributed by atoms with E-state index in [4.69, 9.17) is 21.1 Å². The molecule has 1 aromatic heterocycles. The molecule has 1 saturated heterocycles. The van der Waals surface area contributed by atoms with E-state index < -0.39 is 5.97 Å². The molecule has 0 amide bonds. The number of allylic oxidation sites excluding steroid dienone is 1. The average molecular weight is 584 g/mol. The number of fused-ring (bicyclic) bond motifs is 1. The molecule has 42 heavy (non-hydrogen) atoms. The lowest BCUT2D eigenvalue weighted by atomic mass is 9.73. The summed E-state index contributed by atoms with van der Waals surface area (Å²) in [4.78, 5) is 20.7. The van der Waals surface area contributed by atoms with Gasteiger partial charge in [-0.3, -0.25) is 4.90 Å². The van der Waals surface area contributed by atoms with Crippen molar-refractivity contribution < 1.29 is 14.3 Å². The smallest absolute Gasteiger partial charge is 0.341 e. The molecule has 1 fully saturated rings. The van der Waals surface area contributed by atoms with Crippen molar-refractivity contribution in [2.45, 2.75) is 33.1 Å². The number of hydrogen-bond acceptors (Lipinski definition) is 5. The van der Waals surface area contributed by atoms with Gasteiger partial charge in [-0.25, -0.2) is 4.79 Å². The number of H-pyrrole nitrogens is 1. The van der Waals surface area contributed by atoms with Gasteiger partial charge in [0.25, 0.3) is 0 Å². The molecule has 0 saturated carbocycles. The van der Waals surface area contributed by atoms with E-state index in [1.807, 2.05) is 60.8 Å². The maximum atomic E-state index is 12.6. The van der Waals surface area contributed by atoms with Crippen LogP contribution < -0.4 is 9.64 Å². The lowest BCUT2D eigenvalue weighted by Gasteiger charge is -2.39. The molecular weight excluding hydrogens is 546 g/mol.